The van der Waals surface area contributed by atoms with Crippen molar-refractivity contribution in [1.82, 2.24) is 15.5 Å². The first-order chi connectivity index (χ1) is 8.70. The van der Waals surface area contributed by atoms with Gasteiger partial charge < -0.3 is 9.73 Å². The monoisotopic (exact) mass is 377 g/mol. The Hall–Kier alpha value is -0.660. The summed E-state index contributed by atoms with van der Waals surface area (Å²) in [4.78, 5) is 0. The highest BCUT2D eigenvalue weighted by molar-refractivity contribution is 14.1. The number of rotatable bonds is 5. The number of hydrogen-bond acceptors (Lipinski definition) is 4. The SMILES string of the molecule is CCNCCc1nnc(-c2ccc(I)c(Cl)c2)o1. The summed E-state index contributed by atoms with van der Waals surface area (Å²) in [5.74, 6) is 1.15. The summed E-state index contributed by atoms with van der Waals surface area (Å²) >= 11 is 8.25. The van der Waals surface area contributed by atoms with E-state index in [1.54, 1.807) is 0 Å². The van der Waals surface area contributed by atoms with Crippen LogP contribution in [0.1, 0.15) is 12.8 Å². The van der Waals surface area contributed by atoms with Crippen molar-refractivity contribution in [2.24, 2.45) is 0 Å². The lowest BCUT2D eigenvalue weighted by Crippen LogP contribution is -2.16. The van der Waals surface area contributed by atoms with Crippen LogP contribution in [0.5, 0.6) is 0 Å². The van der Waals surface area contributed by atoms with Gasteiger partial charge in [-0.25, -0.2) is 0 Å². The number of halogens is 2. The van der Waals surface area contributed by atoms with Crippen molar-refractivity contribution in [1.29, 1.82) is 0 Å². The number of hydrogen-bond donors (Lipinski definition) is 1. The Bertz CT molecular complexity index is 530. The standard InChI is InChI=1S/C12H13ClIN3O/c1-2-15-6-5-11-16-17-12(18-11)8-3-4-10(14)9(13)7-8/h3-4,7,15H,2,5-6H2,1H3. The molecule has 0 fully saturated rings. The van der Waals surface area contributed by atoms with Crippen LogP contribution in [-0.2, 0) is 6.42 Å². The molecule has 0 aliphatic heterocycles. The second-order valence-corrected chi connectivity index (χ2v) is 5.30. The van der Waals surface area contributed by atoms with E-state index < -0.39 is 0 Å². The van der Waals surface area contributed by atoms with Crippen LogP contribution in [0.3, 0.4) is 0 Å². The lowest BCUT2D eigenvalue weighted by atomic mass is 10.2. The van der Waals surface area contributed by atoms with Gasteiger partial charge in [0.15, 0.2) is 0 Å². The molecule has 1 N–H and O–H groups in total. The van der Waals surface area contributed by atoms with Gasteiger partial charge in [-0.3, -0.25) is 0 Å². The van der Waals surface area contributed by atoms with E-state index in [4.69, 9.17) is 16.0 Å². The normalized spacial score (nSPS) is 10.8. The molecular formula is C12H13ClIN3O. The molecule has 0 unspecified atom stereocenters. The van der Waals surface area contributed by atoms with E-state index in [0.29, 0.717) is 16.8 Å². The Morgan fingerprint density at radius 2 is 2.22 bits per heavy atom. The summed E-state index contributed by atoms with van der Waals surface area (Å²) in [5.41, 5.74) is 0.850. The maximum atomic E-state index is 6.07. The van der Waals surface area contributed by atoms with Gasteiger partial charge in [0.25, 0.3) is 0 Å². The molecule has 0 amide bonds. The van der Waals surface area contributed by atoms with Crippen molar-refractivity contribution in [2.45, 2.75) is 13.3 Å². The third kappa shape index (κ3) is 3.43. The quantitative estimate of drug-likeness (QED) is 0.642. The first-order valence-corrected chi connectivity index (χ1v) is 7.15. The number of nitrogens with one attached hydrogen (secondary N) is 1. The number of likely N-dealkylation sites (N-methyl/N-ethyl adjacent to an activating group) is 1. The van der Waals surface area contributed by atoms with Gasteiger partial charge in [0.2, 0.25) is 11.8 Å². The molecule has 0 bridgehead atoms. The third-order valence-corrected chi connectivity index (χ3v) is 3.97. The maximum absolute atomic E-state index is 6.07. The zero-order chi connectivity index (χ0) is 13.0. The summed E-state index contributed by atoms with van der Waals surface area (Å²) in [6.45, 7) is 3.84. The Labute approximate surface area is 124 Å². The highest BCUT2D eigenvalue weighted by Crippen LogP contribution is 2.25. The molecule has 4 nitrogen and oxygen atoms in total. The molecule has 96 valence electrons. The predicted molar refractivity (Wildman–Crippen MR) is 79.7 cm³/mol. The third-order valence-electron chi connectivity index (χ3n) is 2.40. The molecule has 2 rings (SSSR count). The molecule has 6 heteroatoms. The Balaban J connectivity index is 2.11. The van der Waals surface area contributed by atoms with E-state index in [1.165, 1.54) is 0 Å². The fourth-order valence-electron chi connectivity index (χ4n) is 1.47. The predicted octanol–water partition coefficient (Wildman–Crippen LogP) is 3.15. The zero-order valence-corrected chi connectivity index (χ0v) is 12.8. The minimum atomic E-state index is 0.514. The Morgan fingerprint density at radius 3 is 2.94 bits per heavy atom. The van der Waals surface area contributed by atoms with Gasteiger partial charge in [-0.1, -0.05) is 18.5 Å². The second-order valence-electron chi connectivity index (χ2n) is 3.73. The summed E-state index contributed by atoms with van der Waals surface area (Å²) in [6, 6.07) is 5.70. The molecule has 0 radical (unpaired) electrons. The van der Waals surface area contributed by atoms with E-state index in [-0.39, 0.29) is 0 Å². The number of nitrogens with zero attached hydrogens (tertiary/aromatic N) is 2. The largest absolute Gasteiger partial charge is 0.421 e. The first kappa shape index (κ1) is 13.8. The van der Waals surface area contributed by atoms with E-state index in [9.17, 15) is 0 Å². The summed E-state index contributed by atoms with van der Waals surface area (Å²) in [6.07, 6.45) is 0.735. The Kier molecular flexibility index (Phi) is 4.96. The van der Waals surface area contributed by atoms with E-state index >= 15 is 0 Å². The smallest absolute Gasteiger partial charge is 0.247 e. The summed E-state index contributed by atoms with van der Waals surface area (Å²) in [7, 11) is 0. The van der Waals surface area contributed by atoms with Gasteiger partial charge in [-0.2, -0.15) is 0 Å². The molecule has 0 aliphatic rings. The topological polar surface area (TPSA) is 51.0 Å². The molecule has 1 aromatic heterocycles. The van der Waals surface area contributed by atoms with Crippen LogP contribution in [0.15, 0.2) is 22.6 Å². The van der Waals surface area contributed by atoms with Crippen molar-refractivity contribution in [3.8, 4) is 11.5 Å². The lowest BCUT2D eigenvalue weighted by molar-refractivity contribution is 0.496. The average Bonchev–Trinajstić information content (AvgIpc) is 2.82. The van der Waals surface area contributed by atoms with E-state index in [1.807, 2.05) is 18.2 Å². The Morgan fingerprint density at radius 1 is 1.39 bits per heavy atom. The van der Waals surface area contributed by atoms with Crippen LogP contribution >= 0.6 is 34.2 Å². The summed E-state index contributed by atoms with van der Waals surface area (Å²) < 4.78 is 6.59. The van der Waals surface area contributed by atoms with Crippen molar-refractivity contribution >= 4 is 34.2 Å². The van der Waals surface area contributed by atoms with E-state index in [0.717, 1.165) is 28.6 Å². The average molecular weight is 378 g/mol. The van der Waals surface area contributed by atoms with Crippen LogP contribution in [0, 0.1) is 3.57 Å². The van der Waals surface area contributed by atoms with Crippen LogP contribution in [0.4, 0.5) is 0 Å². The highest BCUT2D eigenvalue weighted by Gasteiger charge is 2.09. The molecule has 18 heavy (non-hydrogen) atoms. The van der Waals surface area contributed by atoms with Crippen molar-refractivity contribution in [3.63, 3.8) is 0 Å². The minimum absolute atomic E-state index is 0.514. The lowest BCUT2D eigenvalue weighted by Gasteiger charge is -1.98. The van der Waals surface area contributed by atoms with E-state index in [2.05, 4.69) is 45.0 Å². The van der Waals surface area contributed by atoms with Crippen LogP contribution in [0.25, 0.3) is 11.5 Å². The van der Waals surface area contributed by atoms with Crippen LogP contribution in [-0.4, -0.2) is 23.3 Å². The van der Waals surface area contributed by atoms with Crippen LogP contribution < -0.4 is 5.32 Å². The summed E-state index contributed by atoms with van der Waals surface area (Å²) in [5, 5.41) is 12.0. The van der Waals surface area contributed by atoms with Gasteiger partial charge >= 0.3 is 0 Å². The molecule has 0 spiro atoms. The molecule has 0 saturated heterocycles. The molecule has 0 aliphatic carbocycles. The van der Waals surface area contributed by atoms with Gasteiger partial charge in [-0.15, -0.1) is 10.2 Å². The van der Waals surface area contributed by atoms with Crippen LogP contribution in [0.2, 0.25) is 5.02 Å². The molecule has 1 aromatic carbocycles. The minimum Gasteiger partial charge on any atom is -0.421 e. The fraction of sp³-hybridized carbons (Fsp3) is 0.333. The van der Waals surface area contributed by atoms with Gasteiger partial charge in [-0.05, 0) is 47.3 Å². The van der Waals surface area contributed by atoms with Crippen molar-refractivity contribution in [2.75, 3.05) is 13.1 Å². The number of aromatic nitrogens is 2. The van der Waals surface area contributed by atoms with Gasteiger partial charge in [0.1, 0.15) is 0 Å². The first-order valence-electron chi connectivity index (χ1n) is 5.69. The molecule has 1 heterocycles. The van der Waals surface area contributed by atoms with Gasteiger partial charge in [0, 0.05) is 22.1 Å². The molecular weight excluding hydrogens is 365 g/mol. The fourth-order valence-corrected chi connectivity index (χ4v) is 1.99. The maximum Gasteiger partial charge on any atom is 0.247 e. The molecule has 2 aromatic rings. The zero-order valence-electron chi connectivity index (χ0n) is 9.91. The van der Waals surface area contributed by atoms with Crippen molar-refractivity contribution in [3.05, 3.63) is 32.7 Å². The second kappa shape index (κ2) is 6.49. The molecule has 0 atom stereocenters. The van der Waals surface area contributed by atoms with Gasteiger partial charge in [0.05, 0.1) is 5.02 Å². The number of benzene rings is 1. The van der Waals surface area contributed by atoms with Crippen molar-refractivity contribution < 1.29 is 4.42 Å². The highest BCUT2D eigenvalue weighted by atomic mass is 127. The molecule has 0 saturated carbocycles.